The normalized spacial score (nSPS) is 15.5. The average molecular weight is 263 g/mol. The third kappa shape index (κ3) is 3.37. The highest BCUT2D eigenvalue weighted by Gasteiger charge is 2.25. The Morgan fingerprint density at radius 1 is 1.32 bits per heavy atom. The Kier molecular flexibility index (Phi) is 4.27. The maximum absolute atomic E-state index is 12.2. The van der Waals surface area contributed by atoms with Gasteiger partial charge in [0.05, 0.1) is 0 Å². The molecule has 1 aliphatic rings. The minimum atomic E-state index is 0.0243. The molecule has 0 bridgehead atoms. The van der Waals surface area contributed by atoms with Gasteiger partial charge in [-0.2, -0.15) is 0 Å². The van der Waals surface area contributed by atoms with E-state index in [4.69, 9.17) is 0 Å². The number of nitrogens with one attached hydrogen (secondary N) is 1. The van der Waals surface area contributed by atoms with Crippen molar-refractivity contribution in [3.8, 4) is 0 Å². The largest absolute Gasteiger partial charge is 0.365 e. The zero-order valence-electron chi connectivity index (χ0n) is 12.4. The predicted molar refractivity (Wildman–Crippen MR) is 78.4 cm³/mol. The molecule has 0 aliphatic heterocycles. The number of rotatable bonds is 6. The molecule has 2 rings (SSSR count). The lowest BCUT2D eigenvalue weighted by atomic mass is 9.85. The molecule has 0 saturated heterocycles. The Morgan fingerprint density at radius 3 is 2.47 bits per heavy atom. The molecule has 4 nitrogen and oxygen atoms in total. The molecule has 1 aromatic rings. The standard InChI is InChI=1S/C15H25N3O/c1-10(2)13(11(3)4)9-17-14-15(19)18(8-7-16-14)12-5-6-12/h7-8,10-13H,5-6,9H2,1-4H3,(H,16,17). The lowest BCUT2D eigenvalue weighted by molar-refractivity contribution is 0.304. The molecule has 0 atom stereocenters. The van der Waals surface area contributed by atoms with Crippen LogP contribution in [0.2, 0.25) is 0 Å². The number of aromatic nitrogens is 2. The van der Waals surface area contributed by atoms with Crippen molar-refractivity contribution in [3.63, 3.8) is 0 Å². The Balaban J connectivity index is 2.07. The molecule has 1 aromatic heterocycles. The molecule has 1 heterocycles. The molecular weight excluding hydrogens is 238 g/mol. The summed E-state index contributed by atoms with van der Waals surface area (Å²) < 4.78 is 1.81. The summed E-state index contributed by atoms with van der Waals surface area (Å²) >= 11 is 0. The van der Waals surface area contributed by atoms with Gasteiger partial charge in [0.2, 0.25) is 0 Å². The van der Waals surface area contributed by atoms with Crippen LogP contribution >= 0.6 is 0 Å². The van der Waals surface area contributed by atoms with Crippen LogP contribution in [0, 0.1) is 17.8 Å². The molecule has 106 valence electrons. The molecule has 0 unspecified atom stereocenters. The molecule has 0 amide bonds. The summed E-state index contributed by atoms with van der Waals surface area (Å²) in [5, 5.41) is 3.25. The fraction of sp³-hybridized carbons (Fsp3) is 0.733. The Hall–Kier alpha value is -1.32. The van der Waals surface area contributed by atoms with Crippen molar-refractivity contribution >= 4 is 5.82 Å². The number of anilines is 1. The Bertz CT molecular complexity index is 467. The van der Waals surface area contributed by atoms with E-state index in [1.54, 1.807) is 12.4 Å². The first kappa shape index (κ1) is 14.1. The number of hydrogen-bond donors (Lipinski definition) is 1. The predicted octanol–water partition coefficient (Wildman–Crippen LogP) is 2.92. The fourth-order valence-corrected chi connectivity index (χ4v) is 2.64. The van der Waals surface area contributed by atoms with Crippen molar-refractivity contribution in [2.24, 2.45) is 17.8 Å². The van der Waals surface area contributed by atoms with Crippen LogP contribution in [0.3, 0.4) is 0 Å². The molecule has 1 aliphatic carbocycles. The fourth-order valence-electron chi connectivity index (χ4n) is 2.64. The summed E-state index contributed by atoms with van der Waals surface area (Å²) in [6.07, 6.45) is 5.75. The zero-order valence-corrected chi connectivity index (χ0v) is 12.4. The van der Waals surface area contributed by atoms with Crippen molar-refractivity contribution in [3.05, 3.63) is 22.7 Å². The van der Waals surface area contributed by atoms with Gasteiger partial charge in [-0.3, -0.25) is 4.79 Å². The van der Waals surface area contributed by atoms with Gasteiger partial charge in [0.25, 0.3) is 5.56 Å². The van der Waals surface area contributed by atoms with Gasteiger partial charge < -0.3 is 9.88 Å². The van der Waals surface area contributed by atoms with Crippen LogP contribution in [-0.4, -0.2) is 16.1 Å². The lowest BCUT2D eigenvalue weighted by Gasteiger charge is -2.25. The summed E-state index contributed by atoms with van der Waals surface area (Å²) in [7, 11) is 0. The summed E-state index contributed by atoms with van der Waals surface area (Å²) in [6, 6.07) is 0.405. The van der Waals surface area contributed by atoms with Gasteiger partial charge in [-0.1, -0.05) is 27.7 Å². The van der Waals surface area contributed by atoms with Crippen LogP contribution in [0.1, 0.15) is 46.6 Å². The molecule has 1 N–H and O–H groups in total. The summed E-state index contributed by atoms with van der Waals surface area (Å²) in [5.41, 5.74) is 0.0243. The minimum Gasteiger partial charge on any atom is -0.365 e. The quantitative estimate of drug-likeness (QED) is 0.858. The van der Waals surface area contributed by atoms with Crippen LogP contribution < -0.4 is 10.9 Å². The first-order valence-electron chi connectivity index (χ1n) is 7.31. The van der Waals surface area contributed by atoms with Crippen LogP contribution in [0.4, 0.5) is 5.82 Å². The van der Waals surface area contributed by atoms with E-state index < -0.39 is 0 Å². The second-order valence-electron chi connectivity index (χ2n) is 6.25. The molecule has 1 saturated carbocycles. The SMILES string of the molecule is CC(C)C(CNc1nccn(C2CC2)c1=O)C(C)C. The minimum absolute atomic E-state index is 0.0243. The second kappa shape index (κ2) is 5.76. The van der Waals surface area contributed by atoms with Crippen LogP contribution in [0.5, 0.6) is 0 Å². The van der Waals surface area contributed by atoms with Crippen molar-refractivity contribution in [2.75, 3.05) is 11.9 Å². The maximum Gasteiger partial charge on any atom is 0.293 e. The van der Waals surface area contributed by atoms with Crippen LogP contribution in [-0.2, 0) is 0 Å². The molecule has 19 heavy (non-hydrogen) atoms. The third-order valence-electron chi connectivity index (χ3n) is 4.03. The van der Waals surface area contributed by atoms with Crippen LogP contribution in [0.15, 0.2) is 17.2 Å². The van der Waals surface area contributed by atoms with Gasteiger partial charge in [0, 0.05) is 25.0 Å². The third-order valence-corrected chi connectivity index (χ3v) is 4.03. The van der Waals surface area contributed by atoms with E-state index in [1.165, 1.54) is 0 Å². The zero-order chi connectivity index (χ0) is 14.0. The van der Waals surface area contributed by atoms with E-state index in [9.17, 15) is 4.79 Å². The topological polar surface area (TPSA) is 46.9 Å². The molecule has 1 fully saturated rings. The first-order valence-corrected chi connectivity index (χ1v) is 7.31. The highest BCUT2D eigenvalue weighted by molar-refractivity contribution is 5.31. The van der Waals surface area contributed by atoms with Gasteiger partial charge in [-0.05, 0) is 30.6 Å². The van der Waals surface area contributed by atoms with E-state index in [0.29, 0.717) is 29.6 Å². The molecule has 0 aromatic carbocycles. The smallest absolute Gasteiger partial charge is 0.293 e. The van der Waals surface area contributed by atoms with Crippen molar-refractivity contribution in [1.82, 2.24) is 9.55 Å². The van der Waals surface area contributed by atoms with Crippen molar-refractivity contribution in [1.29, 1.82) is 0 Å². The Morgan fingerprint density at radius 2 is 1.95 bits per heavy atom. The van der Waals surface area contributed by atoms with Crippen molar-refractivity contribution in [2.45, 2.75) is 46.6 Å². The van der Waals surface area contributed by atoms with E-state index in [2.05, 4.69) is 38.0 Å². The second-order valence-corrected chi connectivity index (χ2v) is 6.25. The molecule has 4 heteroatoms. The average Bonchev–Trinajstić information content (AvgIpc) is 3.14. The van der Waals surface area contributed by atoms with Gasteiger partial charge >= 0.3 is 0 Å². The number of hydrogen-bond acceptors (Lipinski definition) is 3. The monoisotopic (exact) mass is 263 g/mol. The highest BCUT2D eigenvalue weighted by atomic mass is 16.1. The number of nitrogens with zero attached hydrogens (tertiary/aromatic N) is 2. The highest BCUT2D eigenvalue weighted by Crippen LogP contribution is 2.33. The van der Waals surface area contributed by atoms with Gasteiger partial charge in [-0.15, -0.1) is 0 Å². The summed E-state index contributed by atoms with van der Waals surface area (Å²) in [6.45, 7) is 9.73. The molecular formula is C15H25N3O. The van der Waals surface area contributed by atoms with Gasteiger partial charge in [0.15, 0.2) is 5.82 Å². The van der Waals surface area contributed by atoms with E-state index in [0.717, 1.165) is 19.4 Å². The lowest BCUT2D eigenvalue weighted by Crippen LogP contribution is -2.29. The summed E-state index contributed by atoms with van der Waals surface area (Å²) in [5.74, 6) is 2.25. The van der Waals surface area contributed by atoms with Gasteiger partial charge in [0.1, 0.15) is 0 Å². The molecule has 0 radical (unpaired) electrons. The Labute approximate surface area is 115 Å². The summed E-state index contributed by atoms with van der Waals surface area (Å²) in [4.78, 5) is 16.4. The van der Waals surface area contributed by atoms with E-state index >= 15 is 0 Å². The van der Waals surface area contributed by atoms with Crippen LogP contribution in [0.25, 0.3) is 0 Å². The first-order chi connectivity index (χ1) is 9.00. The van der Waals surface area contributed by atoms with E-state index in [-0.39, 0.29) is 5.56 Å². The van der Waals surface area contributed by atoms with Crippen molar-refractivity contribution < 1.29 is 0 Å². The molecule has 0 spiro atoms. The van der Waals surface area contributed by atoms with E-state index in [1.807, 2.05) is 4.57 Å². The van der Waals surface area contributed by atoms with Gasteiger partial charge in [-0.25, -0.2) is 4.98 Å². The maximum atomic E-state index is 12.2.